The molecule has 0 atom stereocenters. The second-order valence-electron chi connectivity index (χ2n) is 4.95. The predicted molar refractivity (Wildman–Crippen MR) is 84.7 cm³/mol. The van der Waals surface area contributed by atoms with Crippen molar-refractivity contribution in [3.8, 4) is 11.5 Å². The van der Waals surface area contributed by atoms with Gasteiger partial charge in [-0.2, -0.15) is 4.98 Å². The number of fused-ring (bicyclic) bond motifs is 1. The Bertz CT molecular complexity index is 791. The maximum atomic E-state index is 11.9. The van der Waals surface area contributed by atoms with Crippen LogP contribution in [0.1, 0.15) is 11.1 Å². The van der Waals surface area contributed by atoms with E-state index in [0.29, 0.717) is 23.1 Å². The molecule has 0 aliphatic carbocycles. The van der Waals surface area contributed by atoms with E-state index in [2.05, 4.69) is 15.3 Å². The number of nitrogens with zero attached hydrogens (tertiary/aromatic N) is 1. The molecule has 1 aliphatic heterocycles. The van der Waals surface area contributed by atoms with Crippen LogP contribution in [0.25, 0.3) is 0 Å². The molecule has 2 heterocycles. The number of hydrogen-bond acceptors (Lipinski definition) is 6. The molecule has 23 heavy (non-hydrogen) atoms. The van der Waals surface area contributed by atoms with Crippen molar-refractivity contribution < 1.29 is 14.3 Å². The number of thioether (sulfide) groups is 1. The van der Waals surface area contributed by atoms with Gasteiger partial charge in [-0.1, -0.05) is 17.8 Å². The summed E-state index contributed by atoms with van der Waals surface area (Å²) in [4.78, 5) is 29.4. The van der Waals surface area contributed by atoms with Gasteiger partial charge in [-0.15, -0.1) is 0 Å². The van der Waals surface area contributed by atoms with Gasteiger partial charge >= 0.3 is 5.69 Å². The summed E-state index contributed by atoms with van der Waals surface area (Å²) in [6.07, 6.45) is 1.59. The quantitative estimate of drug-likeness (QED) is 0.631. The van der Waals surface area contributed by atoms with Crippen LogP contribution in [0.2, 0.25) is 0 Å². The molecule has 1 aromatic heterocycles. The van der Waals surface area contributed by atoms with Crippen molar-refractivity contribution in [2.45, 2.75) is 18.5 Å². The van der Waals surface area contributed by atoms with Crippen molar-refractivity contribution in [1.82, 2.24) is 15.3 Å². The minimum Gasteiger partial charge on any atom is -0.454 e. The first-order valence-electron chi connectivity index (χ1n) is 6.96. The first kappa shape index (κ1) is 15.4. The third kappa shape index (κ3) is 3.84. The van der Waals surface area contributed by atoms with Gasteiger partial charge in [0.2, 0.25) is 12.7 Å². The largest absolute Gasteiger partial charge is 0.454 e. The fourth-order valence-electron chi connectivity index (χ4n) is 2.03. The molecule has 1 aromatic carbocycles. The third-order valence-electron chi connectivity index (χ3n) is 3.22. The highest BCUT2D eigenvalue weighted by atomic mass is 32.2. The molecule has 7 nitrogen and oxygen atoms in total. The number of nitrogens with one attached hydrogen (secondary N) is 2. The lowest BCUT2D eigenvalue weighted by molar-refractivity contribution is -0.118. The number of amides is 1. The first-order chi connectivity index (χ1) is 11.1. The average molecular weight is 333 g/mol. The number of aryl methyl sites for hydroxylation is 1. The van der Waals surface area contributed by atoms with Crippen molar-refractivity contribution >= 4 is 17.7 Å². The van der Waals surface area contributed by atoms with Gasteiger partial charge in [-0.05, 0) is 30.2 Å². The lowest BCUT2D eigenvalue weighted by Crippen LogP contribution is -2.24. The number of carbonyl (C=O) groups excluding carboxylic acids is 1. The van der Waals surface area contributed by atoms with Crippen LogP contribution in [0.4, 0.5) is 0 Å². The van der Waals surface area contributed by atoms with E-state index >= 15 is 0 Å². The van der Waals surface area contributed by atoms with E-state index in [4.69, 9.17) is 9.47 Å². The topological polar surface area (TPSA) is 93.3 Å². The Balaban J connectivity index is 1.52. The van der Waals surface area contributed by atoms with E-state index in [0.717, 1.165) is 11.1 Å². The van der Waals surface area contributed by atoms with Gasteiger partial charge in [-0.25, -0.2) is 4.79 Å². The van der Waals surface area contributed by atoms with Crippen LogP contribution in [0, 0.1) is 6.92 Å². The predicted octanol–water partition coefficient (Wildman–Crippen LogP) is 1.22. The normalized spacial score (nSPS) is 12.2. The third-order valence-corrected chi connectivity index (χ3v) is 4.31. The Morgan fingerprint density at radius 3 is 3.09 bits per heavy atom. The summed E-state index contributed by atoms with van der Waals surface area (Å²) in [5.41, 5.74) is 1.34. The van der Waals surface area contributed by atoms with Crippen molar-refractivity contribution in [3.63, 3.8) is 0 Å². The molecule has 8 heteroatoms. The molecule has 0 unspecified atom stereocenters. The lowest BCUT2D eigenvalue weighted by atomic mass is 10.2. The fraction of sp³-hybridized carbons (Fsp3) is 0.267. The number of aromatic amines is 1. The number of ether oxygens (including phenoxy) is 2. The fourth-order valence-corrected chi connectivity index (χ4v) is 2.83. The van der Waals surface area contributed by atoms with Crippen LogP contribution in [0.5, 0.6) is 11.5 Å². The number of carbonyl (C=O) groups is 1. The van der Waals surface area contributed by atoms with Crippen molar-refractivity contribution in [2.24, 2.45) is 0 Å². The number of benzene rings is 1. The number of hydrogen-bond donors (Lipinski definition) is 2. The molecule has 1 amide bonds. The molecule has 0 spiro atoms. The molecule has 1 aliphatic rings. The molecule has 3 rings (SSSR count). The van der Waals surface area contributed by atoms with Crippen LogP contribution in [-0.2, 0) is 11.3 Å². The zero-order chi connectivity index (χ0) is 16.2. The maximum Gasteiger partial charge on any atom is 0.345 e. The van der Waals surface area contributed by atoms with Crippen LogP contribution in [-0.4, -0.2) is 28.4 Å². The summed E-state index contributed by atoms with van der Waals surface area (Å²) in [7, 11) is 0. The molecule has 0 saturated heterocycles. The number of rotatable bonds is 5. The molecule has 2 N–H and O–H groups in total. The highest BCUT2D eigenvalue weighted by Gasteiger charge is 2.13. The van der Waals surface area contributed by atoms with Crippen molar-refractivity contribution in [1.29, 1.82) is 0 Å². The maximum absolute atomic E-state index is 11.9. The van der Waals surface area contributed by atoms with Gasteiger partial charge in [0.1, 0.15) is 5.03 Å². The average Bonchev–Trinajstić information content (AvgIpc) is 3.01. The number of aromatic nitrogens is 2. The minimum absolute atomic E-state index is 0.130. The van der Waals surface area contributed by atoms with Gasteiger partial charge in [0, 0.05) is 12.7 Å². The summed E-state index contributed by atoms with van der Waals surface area (Å²) in [6, 6.07) is 5.55. The summed E-state index contributed by atoms with van der Waals surface area (Å²) < 4.78 is 10.5. The summed E-state index contributed by atoms with van der Waals surface area (Å²) in [5.74, 6) is 1.47. The molecular weight excluding hydrogens is 318 g/mol. The molecular formula is C15H15N3O4S. The summed E-state index contributed by atoms with van der Waals surface area (Å²) >= 11 is 1.24. The second-order valence-corrected chi connectivity index (χ2v) is 5.91. The highest BCUT2D eigenvalue weighted by molar-refractivity contribution is 7.99. The van der Waals surface area contributed by atoms with Crippen LogP contribution in [0.3, 0.4) is 0 Å². The Hall–Kier alpha value is -2.48. The smallest absolute Gasteiger partial charge is 0.345 e. The Kier molecular flexibility index (Phi) is 4.52. The van der Waals surface area contributed by atoms with Crippen LogP contribution in [0.15, 0.2) is 34.2 Å². The van der Waals surface area contributed by atoms with Gasteiger partial charge in [0.15, 0.2) is 11.5 Å². The van der Waals surface area contributed by atoms with Crippen molar-refractivity contribution in [3.05, 3.63) is 46.0 Å². The van der Waals surface area contributed by atoms with Gasteiger partial charge in [0.25, 0.3) is 0 Å². The van der Waals surface area contributed by atoms with E-state index in [9.17, 15) is 9.59 Å². The van der Waals surface area contributed by atoms with Crippen LogP contribution >= 0.6 is 11.8 Å². The Morgan fingerprint density at radius 1 is 1.39 bits per heavy atom. The molecule has 0 saturated carbocycles. The summed E-state index contributed by atoms with van der Waals surface area (Å²) in [5, 5.41) is 3.39. The van der Waals surface area contributed by atoms with E-state index in [1.54, 1.807) is 6.20 Å². The highest BCUT2D eigenvalue weighted by Crippen LogP contribution is 2.32. The first-order valence-corrected chi connectivity index (χ1v) is 7.95. The van der Waals surface area contributed by atoms with E-state index in [1.807, 2.05) is 25.1 Å². The molecule has 0 radical (unpaired) electrons. The van der Waals surface area contributed by atoms with E-state index in [-0.39, 0.29) is 18.5 Å². The Labute approximate surface area is 136 Å². The molecule has 0 fully saturated rings. The molecule has 2 aromatic rings. The zero-order valence-electron chi connectivity index (χ0n) is 12.4. The summed E-state index contributed by atoms with van der Waals surface area (Å²) in [6.45, 7) is 2.46. The van der Waals surface area contributed by atoms with E-state index in [1.165, 1.54) is 11.8 Å². The Morgan fingerprint density at radius 2 is 2.22 bits per heavy atom. The molecule has 0 bridgehead atoms. The van der Waals surface area contributed by atoms with E-state index < -0.39 is 5.69 Å². The second kappa shape index (κ2) is 6.74. The van der Waals surface area contributed by atoms with Crippen molar-refractivity contribution in [2.75, 3.05) is 12.5 Å². The SMILES string of the molecule is Cc1c[nH]c(=O)nc1SCC(=O)NCc1ccc2c(c1)OCO2. The van der Waals surface area contributed by atoms with Crippen LogP contribution < -0.4 is 20.5 Å². The van der Waals surface area contributed by atoms with Gasteiger partial charge in [-0.3, -0.25) is 4.79 Å². The van der Waals surface area contributed by atoms with Gasteiger partial charge in [0.05, 0.1) is 5.75 Å². The number of H-pyrrole nitrogens is 1. The minimum atomic E-state index is -0.418. The molecule has 120 valence electrons. The monoisotopic (exact) mass is 333 g/mol. The zero-order valence-corrected chi connectivity index (χ0v) is 13.2. The lowest BCUT2D eigenvalue weighted by Gasteiger charge is -2.07. The van der Waals surface area contributed by atoms with Gasteiger partial charge < -0.3 is 19.8 Å². The standard InChI is InChI=1S/C15H15N3O4S/c1-9-5-17-15(20)18-14(9)23-7-13(19)16-6-10-2-3-11-12(4-10)22-8-21-11/h2-5H,6-8H2,1H3,(H,16,19)(H,17,18,20).